The van der Waals surface area contributed by atoms with Crippen LogP contribution in [-0.4, -0.2) is 29.0 Å². The summed E-state index contributed by atoms with van der Waals surface area (Å²) in [5.74, 6) is -0.909. The van der Waals surface area contributed by atoms with Crippen molar-refractivity contribution in [3.8, 4) is 10.6 Å². The number of anilines is 2. The average Bonchev–Trinajstić information content (AvgIpc) is 3.30. The van der Waals surface area contributed by atoms with Gasteiger partial charge in [-0.15, -0.1) is 0 Å². The van der Waals surface area contributed by atoms with E-state index < -0.39 is 11.6 Å². The van der Waals surface area contributed by atoms with E-state index in [1.165, 1.54) is 18.2 Å². The lowest BCUT2D eigenvalue weighted by Crippen LogP contribution is -2.41. The van der Waals surface area contributed by atoms with E-state index in [1.54, 1.807) is 6.20 Å². The first kappa shape index (κ1) is 27.7. The normalized spacial score (nSPS) is 17.1. The number of nitrogen functional groups attached to an aromatic ring is 1. The molecule has 1 aliphatic heterocycles. The summed E-state index contributed by atoms with van der Waals surface area (Å²) in [6.07, 6.45) is 6.08. The Bertz CT molecular complexity index is 1440. The molecule has 0 aliphatic carbocycles. The zero-order valence-electron chi connectivity index (χ0n) is 22.4. The van der Waals surface area contributed by atoms with Crippen molar-refractivity contribution in [1.82, 2.24) is 9.97 Å². The van der Waals surface area contributed by atoms with Gasteiger partial charge in [0.15, 0.2) is 0 Å². The van der Waals surface area contributed by atoms with Gasteiger partial charge in [0.05, 0.1) is 17.7 Å². The van der Waals surface area contributed by atoms with Crippen LogP contribution in [0.15, 0.2) is 67.0 Å². The highest BCUT2D eigenvalue weighted by molar-refractivity contribution is 7.18. The molecule has 1 saturated heterocycles. The number of benzene rings is 2. The highest BCUT2D eigenvalue weighted by Crippen LogP contribution is 2.35. The van der Waals surface area contributed by atoms with Crippen molar-refractivity contribution in [2.75, 3.05) is 23.7 Å². The van der Waals surface area contributed by atoms with Crippen molar-refractivity contribution in [2.24, 2.45) is 11.8 Å². The van der Waals surface area contributed by atoms with E-state index in [0.29, 0.717) is 35.9 Å². The average molecular weight is 563 g/mol. The Balaban J connectivity index is 1.24. The van der Waals surface area contributed by atoms with Crippen LogP contribution in [0.4, 0.5) is 19.5 Å². The van der Waals surface area contributed by atoms with Crippen molar-refractivity contribution in [3.63, 3.8) is 0 Å². The minimum Gasteiger partial charge on any atom is -0.461 e. The minimum absolute atomic E-state index is 0.150. The van der Waals surface area contributed by atoms with E-state index in [9.17, 15) is 13.6 Å². The molecular weight excluding hydrogens is 530 g/mol. The predicted octanol–water partition coefficient (Wildman–Crippen LogP) is 6.45. The first-order valence-corrected chi connectivity index (χ1v) is 14.3. The monoisotopic (exact) mass is 562 g/mol. The lowest BCUT2D eigenvalue weighted by Gasteiger charge is -2.38. The number of ether oxygens (including phenoxy) is 1. The Morgan fingerprint density at radius 3 is 2.62 bits per heavy atom. The number of thiazole rings is 1. The maximum atomic E-state index is 14.3. The van der Waals surface area contributed by atoms with E-state index in [-0.39, 0.29) is 29.1 Å². The van der Waals surface area contributed by atoms with E-state index in [0.717, 1.165) is 47.7 Å². The molecule has 2 aromatic heterocycles. The zero-order valence-corrected chi connectivity index (χ0v) is 23.2. The van der Waals surface area contributed by atoms with Crippen molar-refractivity contribution < 1.29 is 18.3 Å². The molecule has 0 bridgehead atoms. The number of hydrogen-bond donors (Lipinski definition) is 1. The van der Waals surface area contributed by atoms with E-state index >= 15 is 0 Å². The zero-order chi connectivity index (χ0) is 28.1. The smallest absolute Gasteiger partial charge is 0.306 e. The number of rotatable bonds is 9. The maximum Gasteiger partial charge on any atom is 0.306 e. The molecule has 1 fully saturated rings. The van der Waals surface area contributed by atoms with Crippen molar-refractivity contribution in [2.45, 2.75) is 39.2 Å². The highest BCUT2D eigenvalue weighted by Gasteiger charge is 2.28. The van der Waals surface area contributed by atoms with Crippen LogP contribution >= 0.6 is 11.3 Å². The first-order valence-electron chi connectivity index (χ1n) is 13.4. The number of pyridine rings is 1. The number of aromatic nitrogens is 2. The molecule has 9 heteroatoms. The molecule has 208 valence electrons. The van der Waals surface area contributed by atoms with Gasteiger partial charge in [-0.25, -0.2) is 13.8 Å². The largest absolute Gasteiger partial charge is 0.461 e. The molecule has 2 N–H and O–H groups in total. The quantitative estimate of drug-likeness (QED) is 0.236. The fraction of sp³-hybridized carbons (Fsp3) is 0.323. The van der Waals surface area contributed by atoms with E-state index in [1.807, 2.05) is 42.6 Å². The first-order chi connectivity index (χ1) is 19.4. The molecule has 3 heterocycles. The molecule has 2 aromatic carbocycles. The SMILES string of the molecule is C[C@@H]1C[C@H](CC(=O)OCc2ccccc2)CN(c2ccncc2CCc2nc(-c3c(F)cccc3F)sc2N)C1. The van der Waals surface area contributed by atoms with Crippen LogP contribution < -0.4 is 10.6 Å². The summed E-state index contributed by atoms with van der Waals surface area (Å²) < 4.78 is 34.1. The van der Waals surface area contributed by atoms with Gasteiger partial charge in [-0.2, -0.15) is 0 Å². The Hall–Kier alpha value is -3.85. The molecule has 0 unspecified atom stereocenters. The summed E-state index contributed by atoms with van der Waals surface area (Å²) >= 11 is 1.09. The molecule has 0 radical (unpaired) electrons. The van der Waals surface area contributed by atoms with Crippen LogP contribution in [0.2, 0.25) is 0 Å². The van der Waals surface area contributed by atoms with Gasteiger partial charge in [0, 0.05) is 31.2 Å². The fourth-order valence-corrected chi connectivity index (χ4v) is 6.31. The lowest BCUT2D eigenvalue weighted by atomic mass is 9.87. The maximum absolute atomic E-state index is 14.3. The van der Waals surface area contributed by atoms with Gasteiger partial charge >= 0.3 is 5.97 Å². The molecular formula is C31H32F2N4O2S. The van der Waals surface area contributed by atoms with Crippen molar-refractivity contribution in [3.05, 3.63) is 95.4 Å². The predicted molar refractivity (Wildman–Crippen MR) is 154 cm³/mol. The van der Waals surface area contributed by atoms with Crippen LogP contribution in [0.5, 0.6) is 0 Å². The summed E-state index contributed by atoms with van der Waals surface area (Å²) in [5.41, 5.74) is 9.75. The van der Waals surface area contributed by atoms with Crippen LogP contribution in [-0.2, 0) is 29.0 Å². The number of nitrogens with two attached hydrogens (primary N) is 1. The summed E-state index contributed by atoms with van der Waals surface area (Å²) in [6.45, 7) is 4.11. The number of piperidine rings is 1. The molecule has 1 aliphatic rings. The Morgan fingerprint density at radius 2 is 1.85 bits per heavy atom. The standard InChI is InChI=1S/C31H32F2N4O2S/c1-20-14-22(15-28(38)39-19-21-6-3-2-4-7-21)18-37(17-20)27-12-13-35-16-23(27)10-11-26-30(34)40-31(36-26)29-24(32)8-5-9-25(29)33/h2-9,12-13,16,20,22H,10-11,14-15,17-19,34H2,1H3/t20-,22-/m1/s1. The Morgan fingerprint density at radius 1 is 1.07 bits per heavy atom. The van der Waals surface area contributed by atoms with Gasteiger partial charge in [-0.3, -0.25) is 9.78 Å². The topological polar surface area (TPSA) is 81.3 Å². The van der Waals surface area contributed by atoms with Crippen LogP contribution in [0.25, 0.3) is 10.6 Å². The molecule has 5 rings (SSSR count). The van der Waals surface area contributed by atoms with Gasteiger partial charge in [0.25, 0.3) is 0 Å². The molecule has 40 heavy (non-hydrogen) atoms. The third-order valence-electron chi connectivity index (χ3n) is 7.20. The number of carbonyl (C=O) groups is 1. The third kappa shape index (κ3) is 6.65. The molecule has 0 amide bonds. The minimum atomic E-state index is -0.660. The van der Waals surface area contributed by atoms with Gasteiger partial charge in [0.1, 0.15) is 28.3 Å². The van der Waals surface area contributed by atoms with Crippen molar-refractivity contribution >= 4 is 28.0 Å². The third-order valence-corrected chi connectivity index (χ3v) is 8.14. The summed E-state index contributed by atoms with van der Waals surface area (Å²) in [5, 5.41) is 0.685. The Kier molecular flexibility index (Phi) is 8.69. The van der Waals surface area contributed by atoms with Gasteiger partial charge in [0.2, 0.25) is 0 Å². The molecule has 0 saturated carbocycles. The number of aryl methyl sites for hydroxylation is 2. The van der Waals surface area contributed by atoms with Crippen molar-refractivity contribution in [1.29, 1.82) is 0 Å². The number of hydrogen-bond acceptors (Lipinski definition) is 7. The summed E-state index contributed by atoms with van der Waals surface area (Å²) in [4.78, 5) is 23.8. The summed E-state index contributed by atoms with van der Waals surface area (Å²) in [7, 11) is 0. The molecule has 4 aromatic rings. The molecule has 6 nitrogen and oxygen atoms in total. The van der Waals surface area contributed by atoms with Crippen LogP contribution in [0.1, 0.15) is 36.6 Å². The number of esters is 1. The van der Waals surface area contributed by atoms with Gasteiger partial charge in [-0.05, 0) is 60.4 Å². The van der Waals surface area contributed by atoms with Gasteiger partial charge < -0.3 is 15.4 Å². The lowest BCUT2D eigenvalue weighted by molar-refractivity contribution is -0.146. The molecule has 0 spiro atoms. The second kappa shape index (κ2) is 12.6. The van der Waals surface area contributed by atoms with E-state index in [2.05, 4.69) is 21.8 Å². The molecule has 2 atom stereocenters. The highest BCUT2D eigenvalue weighted by atomic mass is 32.1. The Labute approximate surface area is 236 Å². The second-order valence-corrected chi connectivity index (χ2v) is 11.4. The van der Waals surface area contributed by atoms with Crippen LogP contribution in [0.3, 0.4) is 0 Å². The number of carbonyl (C=O) groups excluding carboxylic acids is 1. The number of nitrogens with zero attached hydrogens (tertiary/aromatic N) is 3. The van der Waals surface area contributed by atoms with Crippen LogP contribution in [0, 0.1) is 23.5 Å². The summed E-state index contributed by atoms with van der Waals surface area (Å²) in [6, 6.07) is 15.5. The fourth-order valence-electron chi connectivity index (χ4n) is 5.38. The number of halogens is 2. The second-order valence-electron chi connectivity index (χ2n) is 10.4. The van der Waals surface area contributed by atoms with Gasteiger partial charge in [-0.1, -0.05) is 54.7 Å². The van der Waals surface area contributed by atoms with E-state index in [4.69, 9.17) is 10.5 Å².